The summed E-state index contributed by atoms with van der Waals surface area (Å²) in [6, 6.07) is -0.0999. The number of carbonyl (C=O) groups excluding carboxylic acids is 1. The smallest absolute Gasteiger partial charge is 0.236 e. The second kappa shape index (κ2) is 2.33. The molecule has 4 nitrogen and oxygen atoms in total. The Morgan fingerprint density at radius 3 is 2.89 bits per heavy atom. The summed E-state index contributed by atoms with van der Waals surface area (Å²) in [6.45, 7) is 1.38. The molecule has 3 N–H and O–H groups in total. The van der Waals surface area contributed by atoms with Crippen LogP contribution in [0.15, 0.2) is 0 Å². The second-order valence-electron chi connectivity index (χ2n) is 2.14. The van der Waals surface area contributed by atoms with Gasteiger partial charge in [-0.25, -0.2) is 0 Å². The molecular weight excluding hydrogens is 120 g/mol. The lowest BCUT2D eigenvalue weighted by molar-refractivity contribution is -0.118. The van der Waals surface area contributed by atoms with E-state index in [0.29, 0.717) is 6.54 Å². The number of hydrogen-bond donors (Lipinski definition) is 2. The summed E-state index contributed by atoms with van der Waals surface area (Å²) < 4.78 is 0. The SMILES string of the molecule is NC(=O)C1CN1CCO. The fourth-order valence-electron chi connectivity index (χ4n) is 0.820. The number of carbonyl (C=O) groups is 1. The van der Waals surface area contributed by atoms with Gasteiger partial charge in [0.15, 0.2) is 0 Å². The summed E-state index contributed by atoms with van der Waals surface area (Å²) in [5, 5.41) is 8.38. The Balaban J connectivity index is 2.17. The molecule has 0 radical (unpaired) electrons. The molecule has 4 heteroatoms. The van der Waals surface area contributed by atoms with Gasteiger partial charge in [-0.15, -0.1) is 0 Å². The number of β-amino-alcohol motifs (C(OH)–C–C–N with tert-alkyl or cyclic N) is 1. The van der Waals surface area contributed by atoms with Gasteiger partial charge in [-0.2, -0.15) is 0 Å². The molecule has 52 valence electrons. The van der Waals surface area contributed by atoms with Gasteiger partial charge in [0.25, 0.3) is 0 Å². The summed E-state index contributed by atoms with van der Waals surface area (Å²) in [4.78, 5) is 12.2. The van der Waals surface area contributed by atoms with Crippen molar-refractivity contribution >= 4 is 5.91 Å². The topological polar surface area (TPSA) is 66.3 Å². The third-order valence-corrected chi connectivity index (χ3v) is 1.43. The molecule has 0 aromatic heterocycles. The number of hydrogen-bond acceptors (Lipinski definition) is 3. The van der Waals surface area contributed by atoms with Crippen LogP contribution in [-0.4, -0.2) is 41.7 Å². The van der Waals surface area contributed by atoms with Crippen LogP contribution in [0.2, 0.25) is 0 Å². The van der Waals surface area contributed by atoms with E-state index < -0.39 is 0 Å². The van der Waals surface area contributed by atoms with Crippen LogP contribution in [0, 0.1) is 0 Å². The van der Waals surface area contributed by atoms with Crippen LogP contribution >= 0.6 is 0 Å². The predicted octanol–water partition coefficient (Wildman–Crippen LogP) is -1.85. The average Bonchev–Trinajstić information content (AvgIpc) is 2.47. The summed E-state index contributed by atoms with van der Waals surface area (Å²) in [5.41, 5.74) is 4.96. The van der Waals surface area contributed by atoms with E-state index in [0.717, 1.165) is 6.54 Å². The van der Waals surface area contributed by atoms with Crippen molar-refractivity contribution < 1.29 is 9.90 Å². The summed E-state index contributed by atoms with van der Waals surface area (Å²) in [5.74, 6) is -0.288. The van der Waals surface area contributed by atoms with Crippen molar-refractivity contribution in [1.29, 1.82) is 0 Å². The third kappa shape index (κ3) is 1.40. The molecule has 1 amide bonds. The molecule has 0 aliphatic carbocycles. The van der Waals surface area contributed by atoms with E-state index in [2.05, 4.69) is 0 Å². The van der Waals surface area contributed by atoms with Crippen molar-refractivity contribution in [2.24, 2.45) is 5.73 Å². The van der Waals surface area contributed by atoms with E-state index >= 15 is 0 Å². The molecule has 2 unspecified atom stereocenters. The molecule has 0 saturated carbocycles. The van der Waals surface area contributed by atoms with Gasteiger partial charge in [-0.05, 0) is 0 Å². The molecule has 1 aliphatic heterocycles. The molecule has 1 saturated heterocycles. The highest BCUT2D eigenvalue weighted by molar-refractivity contribution is 5.82. The van der Waals surface area contributed by atoms with Crippen LogP contribution in [0.5, 0.6) is 0 Å². The average molecular weight is 130 g/mol. The molecule has 0 bridgehead atoms. The lowest BCUT2D eigenvalue weighted by atomic mass is 10.5. The summed E-state index contributed by atoms with van der Waals surface area (Å²) >= 11 is 0. The van der Waals surface area contributed by atoms with Gasteiger partial charge in [0.05, 0.1) is 6.61 Å². The highest BCUT2D eigenvalue weighted by atomic mass is 16.3. The van der Waals surface area contributed by atoms with E-state index in [1.807, 2.05) is 4.90 Å². The zero-order valence-corrected chi connectivity index (χ0v) is 5.08. The highest BCUT2D eigenvalue weighted by Gasteiger charge is 2.37. The number of nitrogens with zero attached hydrogens (tertiary/aromatic N) is 1. The Morgan fingerprint density at radius 1 is 1.89 bits per heavy atom. The van der Waals surface area contributed by atoms with Gasteiger partial charge >= 0.3 is 0 Å². The molecule has 1 fully saturated rings. The van der Waals surface area contributed by atoms with Crippen molar-refractivity contribution in [3.63, 3.8) is 0 Å². The van der Waals surface area contributed by atoms with Gasteiger partial charge in [-0.1, -0.05) is 0 Å². The van der Waals surface area contributed by atoms with Crippen LogP contribution in [0.1, 0.15) is 0 Å². The Hall–Kier alpha value is -0.610. The molecule has 9 heavy (non-hydrogen) atoms. The predicted molar refractivity (Wildman–Crippen MR) is 31.6 cm³/mol. The van der Waals surface area contributed by atoms with E-state index in [1.54, 1.807) is 0 Å². The first-order valence-corrected chi connectivity index (χ1v) is 2.90. The fourth-order valence-corrected chi connectivity index (χ4v) is 0.820. The summed E-state index contributed by atoms with van der Waals surface area (Å²) in [6.07, 6.45) is 0. The van der Waals surface area contributed by atoms with Crippen LogP contribution in [0.3, 0.4) is 0 Å². The van der Waals surface area contributed by atoms with Gasteiger partial charge in [0.2, 0.25) is 5.91 Å². The normalized spacial score (nSPS) is 32.1. The van der Waals surface area contributed by atoms with E-state index in [9.17, 15) is 4.79 Å². The van der Waals surface area contributed by atoms with Gasteiger partial charge in [0.1, 0.15) is 6.04 Å². The largest absolute Gasteiger partial charge is 0.395 e. The van der Waals surface area contributed by atoms with Crippen molar-refractivity contribution in [1.82, 2.24) is 4.90 Å². The zero-order valence-electron chi connectivity index (χ0n) is 5.08. The second-order valence-corrected chi connectivity index (χ2v) is 2.14. The van der Waals surface area contributed by atoms with Crippen LogP contribution in [0.25, 0.3) is 0 Å². The number of primary amides is 1. The molecule has 1 heterocycles. The number of aliphatic hydroxyl groups excluding tert-OH is 1. The van der Waals surface area contributed by atoms with Gasteiger partial charge in [-0.3, -0.25) is 9.69 Å². The lowest BCUT2D eigenvalue weighted by Gasteiger charge is -1.94. The maximum absolute atomic E-state index is 10.3. The minimum Gasteiger partial charge on any atom is -0.395 e. The monoisotopic (exact) mass is 130 g/mol. The first kappa shape index (κ1) is 6.51. The van der Waals surface area contributed by atoms with Crippen molar-refractivity contribution in [2.45, 2.75) is 6.04 Å². The first-order chi connectivity index (χ1) is 4.25. The Bertz CT molecular complexity index is 126. The van der Waals surface area contributed by atoms with Crippen molar-refractivity contribution in [3.05, 3.63) is 0 Å². The molecule has 2 atom stereocenters. The van der Waals surface area contributed by atoms with Crippen LogP contribution in [0.4, 0.5) is 0 Å². The number of nitrogens with two attached hydrogens (primary N) is 1. The molecular formula is C5H10N2O2. The Morgan fingerprint density at radius 2 is 2.56 bits per heavy atom. The van der Waals surface area contributed by atoms with Gasteiger partial charge < -0.3 is 10.8 Å². The van der Waals surface area contributed by atoms with Crippen molar-refractivity contribution in [2.75, 3.05) is 19.7 Å². The molecule has 0 aromatic rings. The molecule has 0 spiro atoms. The minimum atomic E-state index is -0.288. The maximum atomic E-state index is 10.3. The fraction of sp³-hybridized carbons (Fsp3) is 0.800. The molecule has 1 rings (SSSR count). The Kier molecular flexibility index (Phi) is 1.68. The number of rotatable bonds is 3. The van der Waals surface area contributed by atoms with E-state index in [1.165, 1.54) is 0 Å². The van der Waals surface area contributed by atoms with Crippen LogP contribution < -0.4 is 5.73 Å². The zero-order chi connectivity index (χ0) is 6.85. The summed E-state index contributed by atoms with van der Waals surface area (Å²) in [7, 11) is 0. The van der Waals surface area contributed by atoms with Crippen LogP contribution in [-0.2, 0) is 4.79 Å². The Labute approximate surface area is 53.2 Å². The maximum Gasteiger partial charge on any atom is 0.236 e. The molecule has 0 aromatic carbocycles. The standard InChI is InChI=1S/C5H10N2O2/c6-5(9)4-3-7(4)1-2-8/h4,8H,1-3H2,(H2,6,9). The van der Waals surface area contributed by atoms with Gasteiger partial charge in [0, 0.05) is 13.1 Å². The highest BCUT2D eigenvalue weighted by Crippen LogP contribution is 2.14. The lowest BCUT2D eigenvalue weighted by Crippen LogP contribution is -2.22. The quantitative estimate of drug-likeness (QED) is 0.441. The van der Waals surface area contributed by atoms with E-state index in [-0.39, 0.29) is 18.6 Å². The van der Waals surface area contributed by atoms with Crippen molar-refractivity contribution in [3.8, 4) is 0 Å². The number of aliphatic hydroxyl groups is 1. The first-order valence-electron chi connectivity index (χ1n) is 2.90. The minimum absolute atomic E-state index is 0.0999. The number of amides is 1. The van der Waals surface area contributed by atoms with E-state index in [4.69, 9.17) is 10.8 Å². The third-order valence-electron chi connectivity index (χ3n) is 1.43. The molecule has 1 aliphatic rings.